The SMILES string of the molecule is [C-]#[N+]c1ccc(N(c2ccc(C#N)cc2)c2ccc3c(c2)C(C(C)(C)C)(C2(C(C)(C)C)c4cc(N(c5ccc(C#N)cc5)c5ccc([N+]#[C-])cc5)ccc4-c4c2cc(N(c2ccc(C#N)cc2)c2ccc([N+]#[C-])cc2)c2ccccc42)c2cc(N(c4ccc(C#N)cc4)c4ccc([N+]#[C-])cc4)c4ccccc4c2-3)cc1. The summed E-state index contributed by atoms with van der Waals surface area (Å²) in [6.45, 7) is 46.8. The van der Waals surface area contributed by atoms with Crippen molar-refractivity contribution in [1.82, 2.24) is 0 Å². The third-order valence-electron chi connectivity index (χ3n) is 22.0. The van der Waals surface area contributed by atoms with Crippen molar-refractivity contribution < 1.29 is 0 Å². The second kappa shape index (κ2) is 27.0. The highest BCUT2D eigenvalue weighted by molar-refractivity contribution is 6.14. The summed E-state index contributed by atoms with van der Waals surface area (Å²) >= 11 is 0. The van der Waals surface area contributed by atoms with Gasteiger partial charge in [0.05, 0.1) is 84.2 Å². The molecule has 2 aliphatic carbocycles. The Kier molecular flexibility index (Phi) is 17.0. The van der Waals surface area contributed by atoms with Gasteiger partial charge < -0.3 is 19.6 Å². The van der Waals surface area contributed by atoms with Gasteiger partial charge in [0.25, 0.3) is 0 Å². The van der Waals surface area contributed by atoms with E-state index < -0.39 is 21.7 Å². The van der Waals surface area contributed by atoms with Gasteiger partial charge in [0.2, 0.25) is 0 Å². The summed E-state index contributed by atoms with van der Waals surface area (Å²) in [7, 11) is 0. The van der Waals surface area contributed by atoms with Crippen LogP contribution in [0.15, 0.2) is 291 Å². The first kappa shape index (κ1) is 69.1. The van der Waals surface area contributed by atoms with Gasteiger partial charge in [-0.25, -0.2) is 19.4 Å². The summed E-state index contributed by atoms with van der Waals surface area (Å²) in [4.78, 5) is 24.3. The van der Waals surface area contributed by atoms with E-state index in [0.717, 1.165) is 134 Å². The molecule has 0 aromatic heterocycles. The fraction of sp³-hybridized carbons (Fsp3) is 0.102. The Morgan fingerprint density at radius 1 is 0.264 bits per heavy atom. The van der Waals surface area contributed by atoms with Crippen molar-refractivity contribution in [3.63, 3.8) is 0 Å². The number of nitriles is 4. The Morgan fingerprint density at radius 3 is 0.727 bits per heavy atom. The van der Waals surface area contributed by atoms with Crippen LogP contribution in [0, 0.1) is 82.4 Å². The van der Waals surface area contributed by atoms with E-state index in [0.29, 0.717) is 45.0 Å². The van der Waals surface area contributed by atoms with Crippen LogP contribution < -0.4 is 19.6 Å². The molecule has 110 heavy (non-hydrogen) atoms. The van der Waals surface area contributed by atoms with Crippen LogP contribution in [-0.4, -0.2) is 0 Å². The highest BCUT2D eigenvalue weighted by Crippen LogP contribution is 2.77. The van der Waals surface area contributed by atoms with Crippen LogP contribution in [0.5, 0.6) is 0 Å². The molecule has 16 rings (SSSR count). The average molecular weight is 1410 g/mol. The number of benzene rings is 14. The normalized spacial score (nSPS) is 14.3. The topological polar surface area (TPSA) is 126 Å². The maximum absolute atomic E-state index is 10.4. The maximum atomic E-state index is 10.4. The number of fused-ring (bicyclic) bond motifs is 10. The van der Waals surface area contributed by atoms with Gasteiger partial charge in [0.15, 0.2) is 22.7 Å². The largest absolute Gasteiger partial charge is 0.311 e. The molecule has 14 aromatic carbocycles. The van der Waals surface area contributed by atoms with Gasteiger partial charge in [-0.3, -0.25) is 0 Å². The monoisotopic (exact) mass is 1410 g/mol. The lowest BCUT2D eigenvalue weighted by molar-refractivity contribution is 0.0595. The number of anilines is 12. The molecule has 0 saturated heterocycles. The highest BCUT2D eigenvalue weighted by Gasteiger charge is 2.71. The molecular weight excluding hydrogens is 1350 g/mol. The van der Waals surface area contributed by atoms with Gasteiger partial charge in [-0.2, -0.15) is 21.0 Å². The smallest absolute Gasteiger partial charge is 0.187 e. The zero-order chi connectivity index (χ0) is 76.4. The summed E-state index contributed by atoms with van der Waals surface area (Å²) in [5, 5.41) is 45.3. The molecule has 12 heteroatoms. The quantitative estimate of drug-likeness (QED) is 0.105. The Bertz CT molecular complexity index is 5810. The van der Waals surface area contributed by atoms with Gasteiger partial charge in [0.1, 0.15) is 0 Å². The van der Waals surface area contributed by atoms with E-state index in [1.807, 2.05) is 194 Å². The van der Waals surface area contributed by atoms with Gasteiger partial charge in [0, 0.05) is 78.5 Å². The Balaban J connectivity index is 1.13. The van der Waals surface area contributed by atoms with Crippen molar-refractivity contribution in [1.29, 1.82) is 21.0 Å². The molecule has 0 saturated carbocycles. The molecule has 0 heterocycles. The Hall–Kier alpha value is -15.3. The fourth-order valence-electron chi connectivity index (χ4n) is 17.7. The van der Waals surface area contributed by atoms with E-state index in [4.69, 9.17) is 26.3 Å². The van der Waals surface area contributed by atoms with Crippen molar-refractivity contribution in [2.75, 3.05) is 19.6 Å². The molecule has 12 nitrogen and oxygen atoms in total. The van der Waals surface area contributed by atoms with E-state index in [1.54, 1.807) is 0 Å². The first-order valence-electron chi connectivity index (χ1n) is 36.0. The van der Waals surface area contributed by atoms with Crippen molar-refractivity contribution in [3.8, 4) is 46.5 Å². The van der Waals surface area contributed by atoms with Crippen molar-refractivity contribution in [3.05, 3.63) is 381 Å². The van der Waals surface area contributed by atoms with Crippen LogP contribution in [0.25, 0.3) is 63.2 Å². The average Bonchev–Trinajstić information content (AvgIpc) is 1.45. The lowest BCUT2D eigenvalue weighted by Crippen LogP contribution is -2.62. The Labute approximate surface area is 640 Å². The van der Waals surface area contributed by atoms with Crippen LogP contribution in [0.2, 0.25) is 0 Å². The Morgan fingerprint density at radius 2 is 0.491 bits per heavy atom. The van der Waals surface area contributed by atoms with Crippen molar-refractivity contribution >= 4 is 113 Å². The zero-order valence-corrected chi connectivity index (χ0v) is 61.1. The number of hydrogen-bond acceptors (Lipinski definition) is 8. The second-order valence-corrected chi connectivity index (χ2v) is 29.7. The minimum atomic E-state index is -1.25. The molecule has 0 aliphatic heterocycles. The molecular formula is C98H66N12. The summed E-state index contributed by atoms with van der Waals surface area (Å²) in [6.07, 6.45) is 0. The number of nitrogens with zero attached hydrogens (tertiary/aromatic N) is 12. The molecule has 2 atom stereocenters. The molecule has 0 bridgehead atoms. The third-order valence-corrected chi connectivity index (χ3v) is 22.0. The minimum Gasteiger partial charge on any atom is -0.311 e. The highest BCUT2D eigenvalue weighted by atomic mass is 15.2. The molecule has 0 amide bonds. The van der Waals surface area contributed by atoms with Gasteiger partial charge in [-0.15, -0.1) is 0 Å². The van der Waals surface area contributed by atoms with Crippen LogP contribution in [0.3, 0.4) is 0 Å². The number of rotatable bonds is 13. The standard InChI is InChI=1S/C98H66N12/c1-95(2,3)97(87-55-79(107(71-35-19-63(59-99)20-36-71)73-43-27-67(103-7)28-44-73)51-53-85(87)93-83-17-13-11-15-81(83)91(57-89(93)97)109(75-39-23-65(61-101)24-40-75)77-47-31-69(105-9)32-48-77)98(96(4,5)6)88-56-80(108(72-37-21-64(60-100)22-38-72)74-45-29-68(104-8)30-46-74)52-54-86(88)94-84-18-14-12-16-82(84)92(58-90(94)98)110(76-41-25-66(62-102)26-42-76)78-49-33-70(106-10)34-50-78/h11-58H,1-6H3. The van der Waals surface area contributed by atoms with Gasteiger partial charge in [-0.05, 0) is 248 Å². The van der Waals surface area contributed by atoms with Crippen LogP contribution >= 0.6 is 0 Å². The first-order chi connectivity index (χ1) is 53.4. The second-order valence-electron chi connectivity index (χ2n) is 29.7. The van der Waals surface area contributed by atoms with Crippen molar-refractivity contribution in [2.45, 2.75) is 52.4 Å². The van der Waals surface area contributed by atoms with E-state index in [9.17, 15) is 21.0 Å². The molecule has 2 unspecified atom stereocenters. The maximum Gasteiger partial charge on any atom is 0.187 e. The van der Waals surface area contributed by atoms with E-state index in [1.165, 1.54) is 0 Å². The fourth-order valence-corrected chi connectivity index (χ4v) is 17.7. The first-order valence-corrected chi connectivity index (χ1v) is 36.0. The van der Waals surface area contributed by atoms with E-state index in [2.05, 4.69) is 202 Å². The lowest BCUT2D eigenvalue weighted by atomic mass is 9.39. The minimum absolute atomic E-state index is 0.482. The van der Waals surface area contributed by atoms with E-state index >= 15 is 0 Å². The van der Waals surface area contributed by atoms with Gasteiger partial charge in [-0.1, -0.05) is 151 Å². The summed E-state index contributed by atoms with van der Waals surface area (Å²) in [5.74, 6) is 0. The number of hydrogen-bond donors (Lipinski definition) is 0. The predicted molar refractivity (Wildman–Crippen MR) is 442 cm³/mol. The molecule has 0 N–H and O–H groups in total. The van der Waals surface area contributed by atoms with Crippen molar-refractivity contribution in [2.24, 2.45) is 10.8 Å². The zero-order valence-electron chi connectivity index (χ0n) is 61.1. The summed E-state index contributed by atoms with van der Waals surface area (Å²) in [6, 6.07) is 106. The van der Waals surface area contributed by atoms with E-state index in [-0.39, 0.29) is 0 Å². The molecule has 518 valence electrons. The lowest BCUT2D eigenvalue weighted by Gasteiger charge is -2.62. The summed E-state index contributed by atoms with van der Waals surface area (Å²) < 4.78 is 0. The summed E-state index contributed by atoms with van der Waals surface area (Å²) in [5.41, 5.74) is 17.5. The molecule has 0 fully saturated rings. The molecule has 0 radical (unpaired) electrons. The molecule has 14 aromatic rings. The van der Waals surface area contributed by atoms with Crippen LogP contribution in [0.4, 0.5) is 91.0 Å². The van der Waals surface area contributed by atoms with Gasteiger partial charge >= 0.3 is 0 Å². The molecule has 0 spiro atoms. The third kappa shape index (κ3) is 10.9. The predicted octanol–water partition coefficient (Wildman–Crippen LogP) is 26.9. The van der Waals surface area contributed by atoms with Crippen LogP contribution in [-0.2, 0) is 10.8 Å². The molecule has 2 aliphatic rings. The van der Waals surface area contributed by atoms with Crippen LogP contribution in [0.1, 0.15) is 86.1 Å².